The fourth-order valence-electron chi connectivity index (χ4n) is 2.26. The fourth-order valence-corrected chi connectivity index (χ4v) is 4.04. The van der Waals surface area contributed by atoms with E-state index in [1.165, 1.54) is 11.3 Å². The van der Waals surface area contributed by atoms with Gasteiger partial charge in [-0.3, -0.25) is 4.79 Å². The summed E-state index contributed by atoms with van der Waals surface area (Å²) < 4.78 is 29.9. The van der Waals surface area contributed by atoms with Gasteiger partial charge in [-0.2, -0.15) is 0 Å². The van der Waals surface area contributed by atoms with Gasteiger partial charge in [0, 0.05) is 13.0 Å². The molecule has 0 unspecified atom stereocenters. The molecule has 0 spiro atoms. The molecule has 2 heterocycles. The van der Waals surface area contributed by atoms with Gasteiger partial charge in [0.25, 0.3) is 5.91 Å². The Bertz CT molecular complexity index is 951. The van der Waals surface area contributed by atoms with E-state index in [1.807, 2.05) is 17.5 Å². The number of aryl methyl sites for hydroxylation is 1. The Kier molecular flexibility index (Phi) is 5.79. The van der Waals surface area contributed by atoms with Crippen molar-refractivity contribution < 1.29 is 17.6 Å². The molecule has 0 aliphatic heterocycles. The number of thiophene rings is 1. The molecule has 1 N–H and O–H groups in total. The smallest absolute Gasteiger partial charge is 0.335 e. The Morgan fingerprint density at radius 3 is 2.65 bits per heavy atom. The molecule has 0 aliphatic rings. The highest BCUT2D eigenvalue weighted by molar-refractivity contribution is 7.90. The Morgan fingerprint density at radius 1 is 1.12 bits per heavy atom. The molecule has 0 saturated carbocycles. The normalized spacial score (nSPS) is 11.4. The number of hydrogen-bond donors (Lipinski definition) is 1. The predicted octanol–water partition coefficient (Wildman–Crippen LogP) is 2.47. The van der Waals surface area contributed by atoms with Crippen molar-refractivity contribution >= 4 is 27.1 Å². The van der Waals surface area contributed by atoms with E-state index in [9.17, 15) is 13.2 Å². The second-order valence-corrected chi connectivity index (χ2v) is 8.36. The Morgan fingerprint density at radius 2 is 1.92 bits per heavy atom. The van der Waals surface area contributed by atoms with E-state index in [0.29, 0.717) is 29.8 Å². The number of hydrogen-bond acceptors (Lipinski definition) is 7. The second-order valence-electron chi connectivity index (χ2n) is 5.54. The zero-order chi connectivity index (χ0) is 18.4. The van der Waals surface area contributed by atoms with Crippen LogP contribution in [0.5, 0.6) is 0 Å². The zero-order valence-electron chi connectivity index (χ0n) is 13.8. The average molecular weight is 391 g/mol. The van der Waals surface area contributed by atoms with Crippen LogP contribution in [0.2, 0.25) is 0 Å². The van der Waals surface area contributed by atoms with Crippen LogP contribution >= 0.6 is 11.3 Å². The van der Waals surface area contributed by atoms with Crippen LogP contribution in [0.3, 0.4) is 0 Å². The van der Waals surface area contributed by atoms with Crippen molar-refractivity contribution in [3.05, 3.63) is 64.2 Å². The molecule has 2 aromatic heterocycles. The number of carbonyl (C=O) groups excluding carboxylic acids is 1. The topological polar surface area (TPSA) is 102 Å². The molecule has 0 saturated heterocycles. The number of benzene rings is 1. The van der Waals surface area contributed by atoms with Crippen LogP contribution in [0.1, 0.15) is 27.5 Å². The maximum atomic E-state index is 12.3. The van der Waals surface area contributed by atoms with Crippen LogP contribution < -0.4 is 5.32 Å². The minimum absolute atomic E-state index is 0.128. The molecule has 0 bridgehead atoms. The molecule has 0 aliphatic carbocycles. The summed E-state index contributed by atoms with van der Waals surface area (Å²) in [5.74, 6) is -0.0783. The first-order valence-corrected chi connectivity index (χ1v) is 10.5. The summed E-state index contributed by atoms with van der Waals surface area (Å²) in [6, 6.07) is 12.4. The van der Waals surface area contributed by atoms with Crippen molar-refractivity contribution in [2.75, 3.05) is 6.54 Å². The first-order chi connectivity index (χ1) is 12.5. The molecule has 1 amide bonds. The number of nitrogens with one attached hydrogen (secondary N) is 1. The number of carbonyl (C=O) groups is 1. The summed E-state index contributed by atoms with van der Waals surface area (Å²) in [7, 11) is -3.67. The van der Waals surface area contributed by atoms with Crippen LogP contribution in [0.15, 0.2) is 57.5 Å². The number of rotatable bonds is 8. The van der Waals surface area contributed by atoms with Crippen molar-refractivity contribution in [1.29, 1.82) is 0 Å². The quantitative estimate of drug-likeness (QED) is 0.592. The maximum Gasteiger partial charge on any atom is 0.335 e. The molecule has 136 valence electrons. The van der Waals surface area contributed by atoms with Gasteiger partial charge in [0.15, 0.2) is 0 Å². The van der Waals surface area contributed by atoms with Crippen molar-refractivity contribution in [3.63, 3.8) is 0 Å². The lowest BCUT2D eigenvalue weighted by atomic mass is 10.2. The van der Waals surface area contributed by atoms with Gasteiger partial charge in [-0.15, -0.1) is 16.4 Å². The van der Waals surface area contributed by atoms with Gasteiger partial charge in [-0.25, -0.2) is 8.42 Å². The largest absolute Gasteiger partial charge is 0.413 e. The second kappa shape index (κ2) is 8.24. The number of nitrogens with zero attached hydrogens (tertiary/aromatic N) is 2. The lowest BCUT2D eigenvalue weighted by molar-refractivity contribution is 0.0957. The van der Waals surface area contributed by atoms with Crippen molar-refractivity contribution in [3.8, 4) is 0 Å². The van der Waals surface area contributed by atoms with Gasteiger partial charge in [-0.05, 0) is 23.4 Å². The first kappa shape index (κ1) is 18.3. The third kappa shape index (κ3) is 4.77. The minimum Gasteiger partial charge on any atom is -0.413 e. The molecule has 0 atom stereocenters. The Balaban J connectivity index is 1.50. The van der Waals surface area contributed by atoms with E-state index in [2.05, 4.69) is 15.5 Å². The van der Waals surface area contributed by atoms with Gasteiger partial charge in [0.1, 0.15) is 0 Å². The van der Waals surface area contributed by atoms with Crippen LogP contribution in [0.25, 0.3) is 0 Å². The van der Waals surface area contributed by atoms with Gasteiger partial charge >= 0.3 is 5.22 Å². The molecular weight excluding hydrogens is 374 g/mol. The average Bonchev–Trinajstić information content (AvgIpc) is 3.31. The molecule has 9 heteroatoms. The fraction of sp³-hybridized carbons (Fsp3) is 0.235. The molecule has 1 aromatic carbocycles. The minimum atomic E-state index is -3.67. The van der Waals surface area contributed by atoms with Gasteiger partial charge in [-0.1, -0.05) is 41.5 Å². The third-order valence-electron chi connectivity index (χ3n) is 3.51. The van der Waals surface area contributed by atoms with E-state index in [0.717, 1.165) is 0 Å². The van der Waals surface area contributed by atoms with Crippen LogP contribution in [-0.2, 0) is 22.0 Å². The first-order valence-electron chi connectivity index (χ1n) is 7.95. The van der Waals surface area contributed by atoms with Crippen molar-refractivity contribution in [1.82, 2.24) is 15.5 Å². The van der Waals surface area contributed by atoms with Crippen molar-refractivity contribution in [2.45, 2.75) is 23.8 Å². The van der Waals surface area contributed by atoms with Gasteiger partial charge < -0.3 is 9.73 Å². The monoisotopic (exact) mass is 391 g/mol. The SMILES string of the molecule is O=C(NCCCc1nnc(S(=O)(=O)Cc2ccccc2)o1)c1cccs1. The summed E-state index contributed by atoms with van der Waals surface area (Å²) >= 11 is 1.37. The number of aromatic nitrogens is 2. The van der Waals surface area contributed by atoms with Gasteiger partial charge in [0.2, 0.25) is 15.7 Å². The molecule has 3 aromatic rings. The van der Waals surface area contributed by atoms with Crippen LogP contribution in [0.4, 0.5) is 0 Å². The standard InChI is InChI=1S/C17H17N3O4S2/c21-16(14-8-5-11-25-14)18-10-4-9-15-19-20-17(24-15)26(22,23)12-13-6-2-1-3-7-13/h1-3,5-8,11H,4,9-10,12H2,(H,18,21). The number of amides is 1. The summed E-state index contributed by atoms with van der Waals surface area (Å²) in [5, 5.41) is 11.7. The molecule has 3 rings (SSSR count). The highest BCUT2D eigenvalue weighted by Crippen LogP contribution is 2.15. The molecule has 7 nitrogen and oxygen atoms in total. The Hall–Kier alpha value is -2.52. The van der Waals surface area contributed by atoms with E-state index in [-0.39, 0.29) is 22.8 Å². The van der Waals surface area contributed by atoms with Crippen molar-refractivity contribution in [2.24, 2.45) is 0 Å². The molecule has 0 fully saturated rings. The highest BCUT2D eigenvalue weighted by atomic mass is 32.2. The predicted molar refractivity (Wildman–Crippen MR) is 96.6 cm³/mol. The lowest BCUT2D eigenvalue weighted by Gasteiger charge is -2.01. The Labute approximate surface area is 155 Å². The third-order valence-corrected chi connectivity index (χ3v) is 5.79. The molecular formula is C17H17N3O4S2. The summed E-state index contributed by atoms with van der Waals surface area (Å²) in [4.78, 5) is 12.4. The van der Waals surface area contributed by atoms with Crippen LogP contribution in [-0.4, -0.2) is 31.1 Å². The van der Waals surface area contributed by atoms with E-state index in [1.54, 1.807) is 30.3 Å². The van der Waals surface area contributed by atoms with Crippen LogP contribution in [0, 0.1) is 0 Å². The zero-order valence-corrected chi connectivity index (χ0v) is 15.4. The lowest BCUT2D eigenvalue weighted by Crippen LogP contribution is -2.23. The summed E-state index contributed by atoms with van der Waals surface area (Å²) in [6.45, 7) is 0.436. The molecule has 26 heavy (non-hydrogen) atoms. The summed E-state index contributed by atoms with van der Waals surface area (Å²) in [6.07, 6.45) is 0.954. The maximum absolute atomic E-state index is 12.3. The molecule has 0 radical (unpaired) electrons. The van der Waals surface area contributed by atoms with E-state index < -0.39 is 9.84 Å². The van der Waals surface area contributed by atoms with E-state index in [4.69, 9.17) is 4.42 Å². The van der Waals surface area contributed by atoms with Gasteiger partial charge in [0.05, 0.1) is 10.6 Å². The van der Waals surface area contributed by atoms with E-state index >= 15 is 0 Å². The number of sulfone groups is 1. The summed E-state index contributed by atoms with van der Waals surface area (Å²) in [5.41, 5.74) is 0.656. The highest BCUT2D eigenvalue weighted by Gasteiger charge is 2.22.